The van der Waals surface area contributed by atoms with Crippen molar-refractivity contribution >= 4 is 11.6 Å². The summed E-state index contributed by atoms with van der Waals surface area (Å²) in [6.07, 6.45) is 2.88. The van der Waals surface area contributed by atoms with Gasteiger partial charge in [0.1, 0.15) is 0 Å². The molecule has 0 rings (SSSR count). The number of hydrogen-bond donors (Lipinski definition) is 1. The number of primary amides is 1. The van der Waals surface area contributed by atoms with Gasteiger partial charge in [-0.05, 0) is 6.92 Å². The minimum absolute atomic E-state index is 0.141. The molecule has 0 bridgehead atoms. The van der Waals surface area contributed by atoms with Crippen LogP contribution in [0.4, 0.5) is 0 Å². The summed E-state index contributed by atoms with van der Waals surface area (Å²) in [6, 6.07) is 0. The minimum Gasteiger partial charge on any atom is -0.361 e. The van der Waals surface area contributed by atoms with E-state index in [1.54, 1.807) is 13.0 Å². The number of nitrogens with zero attached hydrogens (tertiary/aromatic N) is 2. The molecule has 0 aliphatic carbocycles. The number of carbonyl (C=O) groups excluding carboxylic acids is 1. The fourth-order valence-corrected chi connectivity index (χ4v) is 0.323. The Morgan fingerprint density at radius 3 is 2.44 bits per heavy atom. The van der Waals surface area contributed by atoms with Crippen LogP contribution in [0.15, 0.2) is 12.2 Å². The minimum atomic E-state index is -0.740. The van der Waals surface area contributed by atoms with E-state index in [0.29, 0.717) is 0 Å². The predicted molar refractivity (Wildman–Crippen MR) is 32.6 cm³/mol. The number of hydrogen-bond acceptors (Lipinski definition) is 1. The zero-order valence-electron chi connectivity index (χ0n) is 5.03. The van der Waals surface area contributed by atoms with E-state index in [-0.39, 0.29) is 5.71 Å². The average Bonchev–Trinajstić information content (AvgIpc) is 1.82. The second kappa shape index (κ2) is 3.57. The van der Waals surface area contributed by atoms with Crippen molar-refractivity contribution in [3.63, 3.8) is 0 Å². The first-order valence-electron chi connectivity index (χ1n) is 2.37. The van der Waals surface area contributed by atoms with Crippen molar-refractivity contribution in [1.82, 2.24) is 0 Å². The first-order chi connectivity index (χ1) is 4.22. The second-order valence-electron chi connectivity index (χ2n) is 1.35. The Hall–Kier alpha value is -1.41. The summed E-state index contributed by atoms with van der Waals surface area (Å²) >= 11 is 0. The maximum atomic E-state index is 10.2. The van der Waals surface area contributed by atoms with Crippen LogP contribution >= 0.6 is 0 Å². The van der Waals surface area contributed by atoms with Crippen LogP contribution < -0.4 is 5.73 Å². The maximum Gasteiger partial charge on any atom is 0.378 e. The highest BCUT2D eigenvalue weighted by atomic mass is 16.1. The SMILES string of the molecule is CC=CC(=[N+]=[N-])C(N)=O. The smallest absolute Gasteiger partial charge is 0.361 e. The van der Waals surface area contributed by atoms with Gasteiger partial charge in [-0.2, -0.15) is 4.79 Å². The van der Waals surface area contributed by atoms with E-state index in [9.17, 15) is 4.79 Å². The monoisotopic (exact) mass is 125 g/mol. The topological polar surface area (TPSA) is 79.5 Å². The molecule has 0 spiro atoms. The number of allylic oxidation sites excluding steroid dienone is 1. The summed E-state index contributed by atoms with van der Waals surface area (Å²) in [5.41, 5.74) is 12.7. The maximum absolute atomic E-state index is 10.2. The van der Waals surface area contributed by atoms with Gasteiger partial charge in [-0.15, -0.1) is 0 Å². The van der Waals surface area contributed by atoms with Gasteiger partial charge in [0.2, 0.25) is 0 Å². The molecule has 0 saturated heterocycles. The van der Waals surface area contributed by atoms with Crippen molar-refractivity contribution in [2.45, 2.75) is 6.92 Å². The lowest BCUT2D eigenvalue weighted by Crippen LogP contribution is -2.21. The number of nitrogens with two attached hydrogens (primary N) is 1. The van der Waals surface area contributed by atoms with Gasteiger partial charge < -0.3 is 11.3 Å². The van der Waals surface area contributed by atoms with Crippen molar-refractivity contribution < 1.29 is 9.58 Å². The van der Waals surface area contributed by atoms with E-state index in [2.05, 4.69) is 4.79 Å². The van der Waals surface area contributed by atoms with Gasteiger partial charge in [0, 0.05) is 6.08 Å². The van der Waals surface area contributed by atoms with Crippen molar-refractivity contribution in [2.24, 2.45) is 5.73 Å². The second-order valence-corrected chi connectivity index (χ2v) is 1.35. The molecule has 0 heterocycles. The Balaban J connectivity index is 4.38. The molecule has 0 fully saturated rings. The van der Waals surface area contributed by atoms with Gasteiger partial charge >= 0.3 is 11.6 Å². The van der Waals surface area contributed by atoms with Crippen LogP contribution in [-0.4, -0.2) is 16.4 Å². The van der Waals surface area contributed by atoms with Crippen LogP contribution in [0.5, 0.6) is 0 Å². The molecule has 48 valence electrons. The third-order valence-electron chi connectivity index (χ3n) is 0.685. The molecule has 0 atom stereocenters. The molecule has 1 amide bonds. The van der Waals surface area contributed by atoms with Gasteiger partial charge in [-0.3, -0.25) is 4.79 Å². The van der Waals surface area contributed by atoms with Crippen LogP contribution in [0, 0.1) is 0 Å². The molecule has 0 aliphatic heterocycles. The zero-order valence-corrected chi connectivity index (χ0v) is 5.03. The highest BCUT2D eigenvalue weighted by Crippen LogP contribution is 1.72. The summed E-state index contributed by atoms with van der Waals surface area (Å²) in [7, 11) is 0. The summed E-state index contributed by atoms with van der Waals surface area (Å²) in [6.45, 7) is 1.69. The Morgan fingerprint density at radius 2 is 2.33 bits per heavy atom. The quantitative estimate of drug-likeness (QED) is 0.307. The molecule has 0 saturated carbocycles. The molecule has 0 aliphatic rings. The molecule has 2 N–H and O–H groups in total. The standard InChI is InChI=1S/C5H7N3O/c1-2-3-4(8-7)5(6)9/h2-3H,1H3,(H2,6,9). The molecule has 9 heavy (non-hydrogen) atoms. The van der Waals surface area contributed by atoms with Crippen molar-refractivity contribution in [2.75, 3.05) is 0 Å². The van der Waals surface area contributed by atoms with E-state index in [0.717, 1.165) is 0 Å². The third-order valence-corrected chi connectivity index (χ3v) is 0.685. The van der Waals surface area contributed by atoms with E-state index >= 15 is 0 Å². The largest absolute Gasteiger partial charge is 0.378 e. The van der Waals surface area contributed by atoms with Crippen molar-refractivity contribution in [3.05, 3.63) is 17.7 Å². The van der Waals surface area contributed by atoms with Gasteiger partial charge in [-0.1, -0.05) is 6.08 Å². The lowest BCUT2D eigenvalue weighted by molar-refractivity contribution is -0.116. The van der Waals surface area contributed by atoms with Crippen molar-refractivity contribution in [3.8, 4) is 0 Å². The number of rotatable bonds is 2. The summed E-state index contributed by atoms with van der Waals surface area (Å²) in [5.74, 6) is -0.740. The Bertz CT molecular complexity index is 188. The summed E-state index contributed by atoms with van der Waals surface area (Å²) in [5, 5.41) is 0. The fourth-order valence-electron chi connectivity index (χ4n) is 0.323. The van der Waals surface area contributed by atoms with Crippen LogP contribution in [0.25, 0.3) is 5.53 Å². The Kier molecular flexibility index (Phi) is 3.01. The molecular formula is C5H7N3O. The van der Waals surface area contributed by atoms with E-state index in [1.165, 1.54) is 6.08 Å². The Labute approximate surface area is 52.6 Å². The van der Waals surface area contributed by atoms with Gasteiger partial charge in [0.15, 0.2) is 0 Å². The zero-order chi connectivity index (χ0) is 7.28. The highest BCUT2D eigenvalue weighted by Gasteiger charge is 2.08. The summed E-state index contributed by atoms with van der Waals surface area (Å²) < 4.78 is 0. The van der Waals surface area contributed by atoms with Crippen LogP contribution in [-0.2, 0) is 4.79 Å². The third kappa shape index (κ3) is 2.41. The summed E-state index contributed by atoms with van der Waals surface area (Å²) in [4.78, 5) is 12.8. The lowest BCUT2D eigenvalue weighted by atomic mass is 10.3. The molecule has 0 aromatic carbocycles. The number of amides is 1. The first-order valence-corrected chi connectivity index (χ1v) is 2.37. The van der Waals surface area contributed by atoms with E-state index < -0.39 is 5.91 Å². The molecule has 4 nitrogen and oxygen atoms in total. The van der Waals surface area contributed by atoms with Crippen LogP contribution in [0.1, 0.15) is 6.92 Å². The first kappa shape index (κ1) is 7.59. The molecule has 0 radical (unpaired) electrons. The Morgan fingerprint density at radius 1 is 1.78 bits per heavy atom. The van der Waals surface area contributed by atoms with Gasteiger partial charge in [0.05, 0.1) is 0 Å². The molecule has 4 heteroatoms. The van der Waals surface area contributed by atoms with Gasteiger partial charge in [-0.25, -0.2) is 0 Å². The van der Waals surface area contributed by atoms with Crippen molar-refractivity contribution in [1.29, 1.82) is 0 Å². The normalized spacial score (nSPS) is 9.00. The average molecular weight is 125 g/mol. The van der Waals surface area contributed by atoms with Crippen LogP contribution in [0.3, 0.4) is 0 Å². The van der Waals surface area contributed by atoms with Gasteiger partial charge in [0.25, 0.3) is 0 Å². The van der Waals surface area contributed by atoms with Crippen LogP contribution in [0.2, 0.25) is 0 Å². The molecule has 0 unspecified atom stereocenters. The molecule has 0 aromatic heterocycles. The fraction of sp³-hybridized carbons (Fsp3) is 0.200. The predicted octanol–water partition coefficient (Wildman–Crippen LogP) is -0.281. The van der Waals surface area contributed by atoms with E-state index in [1.807, 2.05) is 0 Å². The lowest BCUT2D eigenvalue weighted by Gasteiger charge is -1.75. The highest BCUT2D eigenvalue weighted by molar-refractivity contribution is 6.40. The molecular weight excluding hydrogens is 118 g/mol. The van der Waals surface area contributed by atoms with E-state index in [4.69, 9.17) is 11.3 Å². The molecule has 0 aromatic rings. The number of carbonyl (C=O) groups is 1.